The molecule has 136 valence electrons. The normalized spacial score (nSPS) is 17.5. The molecule has 4 rings (SSSR count). The van der Waals surface area contributed by atoms with E-state index in [0.717, 1.165) is 43.1 Å². The van der Waals surface area contributed by atoms with Crippen molar-refractivity contribution in [2.24, 2.45) is 0 Å². The van der Waals surface area contributed by atoms with Crippen LogP contribution in [-0.4, -0.2) is 58.2 Å². The summed E-state index contributed by atoms with van der Waals surface area (Å²) < 4.78 is 10.7. The van der Waals surface area contributed by atoms with Crippen LogP contribution in [0.25, 0.3) is 11.2 Å². The second-order valence-electron chi connectivity index (χ2n) is 6.42. The molecule has 1 saturated heterocycles. The Morgan fingerprint density at radius 3 is 2.77 bits per heavy atom. The Labute approximate surface area is 151 Å². The number of anilines is 1. The van der Waals surface area contributed by atoms with Gasteiger partial charge in [-0.25, -0.2) is 9.97 Å². The molecule has 2 N–H and O–H groups in total. The van der Waals surface area contributed by atoms with E-state index >= 15 is 0 Å². The lowest BCUT2D eigenvalue weighted by atomic mass is 10.2. The molecule has 0 radical (unpaired) electrons. The molecule has 1 aromatic carbocycles. The van der Waals surface area contributed by atoms with Crippen molar-refractivity contribution in [1.29, 1.82) is 0 Å². The molecule has 0 aliphatic carbocycles. The van der Waals surface area contributed by atoms with Crippen LogP contribution in [0.5, 0.6) is 11.5 Å². The smallest absolute Gasteiger partial charge is 0.225 e. The third-order valence-corrected chi connectivity index (χ3v) is 4.60. The Morgan fingerprint density at radius 1 is 1.19 bits per heavy atom. The average molecular weight is 354 g/mol. The van der Waals surface area contributed by atoms with Crippen LogP contribution in [0.15, 0.2) is 30.7 Å². The fourth-order valence-corrected chi connectivity index (χ4v) is 3.30. The molecule has 1 aliphatic heterocycles. The van der Waals surface area contributed by atoms with Crippen LogP contribution < -0.4 is 14.8 Å². The highest BCUT2D eigenvalue weighted by molar-refractivity contribution is 5.69. The second-order valence-corrected chi connectivity index (χ2v) is 6.42. The van der Waals surface area contributed by atoms with E-state index in [0.29, 0.717) is 17.6 Å². The maximum absolute atomic E-state index is 5.35. The average Bonchev–Trinajstić information content (AvgIpc) is 3.30. The number of methoxy groups -OCH3 is 2. The van der Waals surface area contributed by atoms with Gasteiger partial charge in [0.05, 0.1) is 26.7 Å². The number of aromatic amines is 1. The van der Waals surface area contributed by atoms with E-state index in [4.69, 9.17) is 9.47 Å². The zero-order valence-electron chi connectivity index (χ0n) is 14.9. The maximum Gasteiger partial charge on any atom is 0.225 e. The standard InChI is InChI=1S/C18H22N6O2/c1-25-14-5-12(6-15(7-14)26-2)9-24-4-3-13(10-24)22-18-19-8-16-17(23-18)21-11-20-16/h5-8,11,13H,3-4,9-10H2,1-2H3,(H2,19,20,21,22,23). The van der Waals surface area contributed by atoms with Gasteiger partial charge in [0, 0.05) is 31.7 Å². The van der Waals surface area contributed by atoms with Gasteiger partial charge in [0.25, 0.3) is 0 Å². The molecule has 0 amide bonds. The second kappa shape index (κ2) is 7.17. The van der Waals surface area contributed by atoms with Crippen LogP contribution in [0.3, 0.4) is 0 Å². The summed E-state index contributed by atoms with van der Waals surface area (Å²) in [4.78, 5) is 18.4. The van der Waals surface area contributed by atoms with Crippen molar-refractivity contribution in [3.05, 3.63) is 36.3 Å². The number of benzene rings is 1. The van der Waals surface area contributed by atoms with Gasteiger partial charge in [0.1, 0.15) is 17.0 Å². The molecule has 2 aromatic heterocycles. The molecule has 1 fully saturated rings. The summed E-state index contributed by atoms with van der Waals surface area (Å²) >= 11 is 0. The highest BCUT2D eigenvalue weighted by atomic mass is 16.5. The van der Waals surface area contributed by atoms with Gasteiger partial charge in [-0.15, -0.1) is 0 Å². The van der Waals surface area contributed by atoms with Gasteiger partial charge in [-0.05, 0) is 24.1 Å². The Balaban J connectivity index is 1.39. The summed E-state index contributed by atoms with van der Waals surface area (Å²) in [7, 11) is 3.34. The van der Waals surface area contributed by atoms with E-state index in [1.54, 1.807) is 26.7 Å². The maximum atomic E-state index is 5.35. The lowest BCUT2D eigenvalue weighted by Gasteiger charge is -2.17. The van der Waals surface area contributed by atoms with Crippen molar-refractivity contribution < 1.29 is 9.47 Å². The fourth-order valence-electron chi connectivity index (χ4n) is 3.30. The lowest BCUT2D eigenvalue weighted by molar-refractivity contribution is 0.326. The largest absolute Gasteiger partial charge is 0.497 e. The minimum Gasteiger partial charge on any atom is -0.497 e. The van der Waals surface area contributed by atoms with Gasteiger partial charge in [0.15, 0.2) is 5.65 Å². The lowest BCUT2D eigenvalue weighted by Crippen LogP contribution is -2.26. The molecule has 1 aliphatic rings. The van der Waals surface area contributed by atoms with Gasteiger partial charge in [-0.3, -0.25) is 4.90 Å². The zero-order valence-corrected chi connectivity index (χ0v) is 14.9. The molecule has 8 heteroatoms. The summed E-state index contributed by atoms with van der Waals surface area (Å²) in [5.41, 5.74) is 2.70. The van der Waals surface area contributed by atoms with Crippen molar-refractivity contribution in [3.8, 4) is 11.5 Å². The summed E-state index contributed by atoms with van der Waals surface area (Å²) in [6, 6.07) is 6.31. The van der Waals surface area contributed by atoms with Gasteiger partial charge in [-0.2, -0.15) is 4.98 Å². The Hall–Kier alpha value is -2.87. The minimum atomic E-state index is 0.318. The van der Waals surface area contributed by atoms with Crippen LogP contribution in [-0.2, 0) is 6.54 Å². The van der Waals surface area contributed by atoms with Crippen molar-refractivity contribution in [1.82, 2.24) is 24.8 Å². The van der Waals surface area contributed by atoms with Crippen LogP contribution in [0, 0.1) is 0 Å². The third-order valence-electron chi connectivity index (χ3n) is 4.60. The zero-order chi connectivity index (χ0) is 17.9. The van der Waals surface area contributed by atoms with E-state index in [-0.39, 0.29) is 0 Å². The Bertz CT molecular complexity index is 874. The molecule has 3 heterocycles. The number of aromatic nitrogens is 4. The van der Waals surface area contributed by atoms with Gasteiger partial charge in [-0.1, -0.05) is 0 Å². The van der Waals surface area contributed by atoms with Crippen LogP contribution in [0.2, 0.25) is 0 Å². The number of hydrogen-bond acceptors (Lipinski definition) is 7. The van der Waals surface area contributed by atoms with E-state index in [1.165, 1.54) is 5.56 Å². The topological polar surface area (TPSA) is 88.2 Å². The number of rotatable bonds is 6. The third kappa shape index (κ3) is 3.55. The first-order valence-electron chi connectivity index (χ1n) is 8.60. The van der Waals surface area contributed by atoms with Crippen molar-refractivity contribution in [2.45, 2.75) is 19.0 Å². The molecule has 0 bridgehead atoms. The molecular weight excluding hydrogens is 332 g/mol. The van der Waals surface area contributed by atoms with Gasteiger partial charge < -0.3 is 19.8 Å². The monoisotopic (exact) mass is 354 g/mol. The van der Waals surface area contributed by atoms with E-state index in [1.807, 2.05) is 6.07 Å². The van der Waals surface area contributed by atoms with Crippen molar-refractivity contribution in [3.63, 3.8) is 0 Å². The number of fused-ring (bicyclic) bond motifs is 1. The van der Waals surface area contributed by atoms with E-state index in [2.05, 4.69) is 42.3 Å². The van der Waals surface area contributed by atoms with Crippen molar-refractivity contribution in [2.75, 3.05) is 32.6 Å². The van der Waals surface area contributed by atoms with Crippen LogP contribution in [0.1, 0.15) is 12.0 Å². The van der Waals surface area contributed by atoms with Gasteiger partial charge >= 0.3 is 0 Å². The molecule has 0 saturated carbocycles. The Kier molecular flexibility index (Phi) is 4.57. The SMILES string of the molecule is COc1cc(CN2CCC(Nc3ncc4[nH]cnc4n3)C2)cc(OC)c1. The first-order chi connectivity index (χ1) is 12.7. The fraction of sp³-hybridized carbons (Fsp3) is 0.389. The number of hydrogen-bond donors (Lipinski definition) is 2. The number of nitrogens with one attached hydrogen (secondary N) is 2. The number of likely N-dealkylation sites (tertiary alicyclic amines) is 1. The highest BCUT2D eigenvalue weighted by Crippen LogP contribution is 2.25. The van der Waals surface area contributed by atoms with Gasteiger partial charge in [0.2, 0.25) is 5.95 Å². The molecule has 8 nitrogen and oxygen atoms in total. The number of ether oxygens (including phenoxy) is 2. The molecular formula is C18H22N6O2. The highest BCUT2D eigenvalue weighted by Gasteiger charge is 2.23. The Morgan fingerprint density at radius 2 is 2.00 bits per heavy atom. The number of H-pyrrole nitrogens is 1. The minimum absolute atomic E-state index is 0.318. The van der Waals surface area contributed by atoms with E-state index in [9.17, 15) is 0 Å². The molecule has 0 spiro atoms. The summed E-state index contributed by atoms with van der Waals surface area (Å²) in [5.74, 6) is 2.25. The first-order valence-corrected chi connectivity index (χ1v) is 8.60. The summed E-state index contributed by atoms with van der Waals surface area (Å²) in [6.07, 6.45) is 4.43. The number of nitrogens with zero attached hydrogens (tertiary/aromatic N) is 4. The first kappa shape index (κ1) is 16.6. The van der Waals surface area contributed by atoms with E-state index < -0.39 is 0 Å². The molecule has 1 unspecified atom stereocenters. The van der Waals surface area contributed by atoms with Crippen LogP contribution in [0.4, 0.5) is 5.95 Å². The quantitative estimate of drug-likeness (QED) is 0.700. The summed E-state index contributed by atoms with van der Waals surface area (Å²) in [6.45, 7) is 2.80. The van der Waals surface area contributed by atoms with Crippen LogP contribution >= 0.6 is 0 Å². The predicted octanol–water partition coefficient (Wildman–Crippen LogP) is 2.06. The molecule has 3 aromatic rings. The molecule has 26 heavy (non-hydrogen) atoms. The predicted molar refractivity (Wildman–Crippen MR) is 98.5 cm³/mol. The van der Waals surface area contributed by atoms with Crippen molar-refractivity contribution >= 4 is 17.1 Å². The number of imidazole rings is 1. The molecule has 1 atom stereocenters. The summed E-state index contributed by atoms with van der Waals surface area (Å²) in [5, 5.41) is 3.42.